The van der Waals surface area contributed by atoms with E-state index in [1.54, 1.807) is 12.3 Å². The molecule has 5 heteroatoms. The van der Waals surface area contributed by atoms with Gasteiger partial charge in [0, 0.05) is 17.5 Å². The highest BCUT2D eigenvalue weighted by Gasteiger charge is 2.20. The van der Waals surface area contributed by atoms with Crippen LogP contribution in [-0.2, 0) is 12.8 Å². The summed E-state index contributed by atoms with van der Waals surface area (Å²) in [7, 11) is 0. The van der Waals surface area contributed by atoms with Gasteiger partial charge in [-0.3, -0.25) is 4.79 Å². The molecule has 0 radical (unpaired) electrons. The summed E-state index contributed by atoms with van der Waals surface area (Å²) in [6, 6.07) is 3.71. The van der Waals surface area contributed by atoms with Crippen LogP contribution in [0.2, 0.25) is 0 Å². The standard InChI is InChI=1S/C15H16N4O/c1-10-6-7-13(16-8-10)19-15(20)14-11-4-2-3-5-12(11)17-9-18-14/h6-9H,2-5H2,1H3,(H,16,19,20). The minimum absolute atomic E-state index is 0.207. The second-order valence-electron chi connectivity index (χ2n) is 5.03. The number of carbonyl (C=O) groups excluding carboxylic acids is 1. The molecule has 1 aliphatic rings. The number of fused-ring (bicyclic) bond motifs is 1. The van der Waals surface area contributed by atoms with Gasteiger partial charge < -0.3 is 5.32 Å². The Morgan fingerprint density at radius 1 is 1.15 bits per heavy atom. The fourth-order valence-corrected chi connectivity index (χ4v) is 2.43. The third-order valence-electron chi connectivity index (χ3n) is 3.49. The Morgan fingerprint density at radius 3 is 2.80 bits per heavy atom. The molecule has 3 rings (SSSR count). The van der Waals surface area contributed by atoms with E-state index in [2.05, 4.69) is 20.3 Å². The van der Waals surface area contributed by atoms with E-state index in [4.69, 9.17) is 0 Å². The first kappa shape index (κ1) is 12.7. The number of amides is 1. The molecule has 0 aliphatic heterocycles. The summed E-state index contributed by atoms with van der Waals surface area (Å²) < 4.78 is 0. The van der Waals surface area contributed by atoms with Gasteiger partial charge in [0.1, 0.15) is 17.8 Å². The average molecular weight is 268 g/mol. The number of nitrogens with one attached hydrogen (secondary N) is 1. The predicted octanol–water partition coefficient (Wildman–Crippen LogP) is 2.31. The van der Waals surface area contributed by atoms with E-state index in [1.807, 2.05) is 13.0 Å². The fourth-order valence-electron chi connectivity index (χ4n) is 2.43. The second-order valence-corrected chi connectivity index (χ2v) is 5.03. The third-order valence-corrected chi connectivity index (χ3v) is 3.49. The zero-order valence-electron chi connectivity index (χ0n) is 11.4. The van der Waals surface area contributed by atoms with Gasteiger partial charge in [0.25, 0.3) is 5.91 Å². The molecule has 0 saturated heterocycles. The highest BCUT2D eigenvalue weighted by atomic mass is 16.1. The van der Waals surface area contributed by atoms with Crippen molar-refractivity contribution in [1.29, 1.82) is 0 Å². The van der Waals surface area contributed by atoms with Gasteiger partial charge in [0.05, 0.1) is 0 Å². The predicted molar refractivity (Wildman–Crippen MR) is 75.6 cm³/mol. The lowest BCUT2D eigenvalue weighted by Crippen LogP contribution is -2.20. The molecule has 102 valence electrons. The van der Waals surface area contributed by atoms with Crippen molar-refractivity contribution in [1.82, 2.24) is 15.0 Å². The minimum Gasteiger partial charge on any atom is -0.305 e. The van der Waals surface area contributed by atoms with Gasteiger partial charge in [-0.1, -0.05) is 6.07 Å². The number of pyridine rings is 1. The quantitative estimate of drug-likeness (QED) is 0.907. The van der Waals surface area contributed by atoms with Crippen molar-refractivity contribution in [3.8, 4) is 0 Å². The highest BCUT2D eigenvalue weighted by Crippen LogP contribution is 2.21. The van der Waals surface area contributed by atoms with Gasteiger partial charge >= 0.3 is 0 Å². The summed E-state index contributed by atoms with van der Waals surface area (Å²) in [5.41, 5.74) is 3.54. The van der Waals surface area contributed by atoms with E-state index in [1.165, 1.54) is 6.33 Å². The summed E-state index contributed by atoms with van der Waals surface area (Å²) >= 11 is 0. The lowest BCUT2D eigenvalue weighted by atomic mass is 9.94. The van der Waals surface area contributed by atoms with Gasteiger partial charge in [-0.25, -0.2) is 15.0 Å². The topological polar surface area (TPSA) is 67.8 Å². The maximum Gasteiger partial charge on any atom is 0.275 e. The van der Waals surface area contributed by atoms with Crippen molar-refractivity contribution in [2.24, 2.45) is 0 Å². The molecular formula is C15H16N4O. The molecule has 0 atom stereocenters. The zero-order chi connectivity index (χ0) is 13.9. The molecule has 2 heterocycles. The minimum atomic E-state index is -0.207. The summed E-state index contributed by atoms with van der Waals surface area (Å²) in [6.45, 7) is 1.96. The van der Waals surface area contributed by atoms with Crippen LogP contribution >= 0.6 is 0 Å². The Labute approximate surface area is 117 Å². The van der Waals surface area contributed by atoms with Crippen molar-refractivity contribution in [3.05, 3.63) is 47.2 Å². The first-order chi connectivity index (χ1) is 9.74. The summed E-state index contributed by atoms with van der Waals surface area (Å²) in [4.78, 5) is 24.9. The Kier molecular flexibility index (Phi) is 3.41. The number of rotatable bonds is 2. The normalized spacial score (nSPS) is 13.7. The van der Waals surface area contributed by atoms with E-state index in [0.29, 0.717) is 11.5 Å². The lowest BCUT2D eigenvalue weighted by molar-refractivity contribution is 0.102. The number of nitrogens with zero attached hydrogens (tertiary/aromatic N) is 3. The van der Waals surface area contributed by atoms with Crippen LogP contribution in [0.15, 0.2) is 24.7 Å². The number of aromatic nitrogens is 3. The molecular weight excluding hydrogens is 252 g/mol. The highest BCUT2D eigenvalue weighted by molar-refractivity contribution is 6.03. The fraction of sp³-hybridized carbons (Fsp3) is 0.333. The van der Waals surface area contributed by atoms with Crippen LogP contribution in [0, 0.1) is 6.92 Å². The number of hydrogen-bond acceptors (Lipinski definition) is 4. The number of aryl methyl sites for hydroxylation is 2. The molecule has 0 bridgehead atoms. The van der Waals surface area contributed by atoms with Crippen LogP contribution < -0.4 is 5.32 Å². The first-order valence-corrected chi connectivity index (χ1v) is 6.81. The van der Waals surface area contributed by atoms with E-state index in [0.717, 1.165) is 42.5 Å². The van der Waals surface area contributed by atoms with E-state index in [-0.39, 0.29) is 5.91 Å². The van der Waals surface area contributed by atoms with Gasteiger partial charge in [0.15, 0.2) is 0 Å². The van der Waals surface area contributed by atoms with E-state index >= 15 is 0 Å². The Balaban J connectivity index is 1.85. The monoisotopic (exact) mass is 268 g/mol. The Hall–Kier alpha value is -2.30. The van der Waals surface area contributed by atoms with Crippen molar-refractivity contribution in [2.45, 2.75) is 32.6 Å². The molecule has 5 nitrogen and oxygen atoms in total. The van der Waals surface area contributed by atoms with Gasteiger partial charge in [-0.05, 0) is 44.2 Å². The van der Waals surface area contributed by atoms with Crippen LogP contribution in [0.5, 0.6) is 0 Å². The summed E-state index contributed by atoms with van der Waals surface area (Å²) in [6.07, 6.45) is 7.22. The smallest absolute Gasteiger partial charge is 0.275 e. The maximum absolute atomic E-state index is 12.3. The molecule has 20 heavy (non-hydrogen) atoms. The zero-order valence-corrected chi connectivity index (χ0v) is 11.4. The summed E-state index contributed by atoms with van der Waals surface area (Å²) in [5.74, 6) is 0.339. The third kappa shape index (κ3) is 2.52. The molecule has 1 N–H and O–H groups in total. The molecule has 2 aromatic rings. The van der Waals surface area contributed by atoms with Crippen molar-refractivity contribution >= 4 is 11.7 Å². The van der Waals surface area contributed by atoms with Crippen LogP contribution in [-0.4, -0.2) is 20.9 Å². The van der Waals surface area contributed by atoms with Gasteiger partial charge in [-0.2, -0.15) is 0 Å². The average Bonchev–Trinajstić information content (AvgIpc) is 2.49. The van der Waals surface area contributed by atoms with Crippen molar-refractivity contribution in [3.63, 3.8) is 0 Å². The van der Waals surface area contributed by atoms with Crippen molar-refractivity contribution < 1.29 is 4.79 Å². The number of carbonyl (C=O) groups is 1. The van der Waals surface area contributed by atoms with Crippen LogP contribution in [0.4, 0.5) is 5.82 Å². The van der Waals surface area contributed by atoms with Gasteiger partial charge in [0.2, 0.25) is 0 Å². The van der Waals surface area contributed by atoms with Crippen LogP contribution in [0.3, 0.4) is 0 Å². The molecule has 0 unspecified atom stereocenters. The summed E-state index contributed by atoms with van der Waals surface area (Å²) in [5, 5.41) is 2.80. The Morgan fingerprint density at radius 2 is 2.00 bits per heavy atom. The van der Waals surface area contributed by atoms with Crippen molar-refractivity contribution in [2.75, 3.05) is 5.32 Å². The van der Waals surface area contributed by atoms with E-state index in [9.17, 15) is 4.79 Å². The number of hydrogen-bond donors (Lipinski definition) is 1. The van der Waals surface area contributed by atoms with Crippen LogP contribution in [0.25, 0.3) is 0 Å². The molecule has 0 spiro atoms. The number of anilines is 1. The molecule has 0 saturated carbocycles. The molecule has 0 aromatic carbocycles. The van der Waals surface area contributed by atoms with Gasteiger partial charge in [-0.15, -0.1) is 0 Å². The molecule has 2 aromatic heterocycles. The molecule has 1 aliphatic carbocycles. The second kappa shape index (κ2) is 5.36. The van der Waals surface area contributed by atoms with E-state index < -0.39 is 0 Å². The maximum atomic E-state index is 12.3. The lowest BCUT2D eigenvalue weighted by Gasteiger charge is -2.16. The largest absolute Gasteiger partial charge is 0.305 e. The SMILES string of the molecule is Cc1ccc(NC(=O)c2ncnc3c2CCCC3)nc1. The van der Waals surface area contributed by atoms with Crippen LogP contribution in [0.1, 0.15) is 40.2 Å². The molecule has 0 fully saturated rings. The Bertz CT molecular complexity index is 637. The first-order valence-electron chi connectivity index (χ1n) is 6.81. The molecule has 1 amide bonds.